The number of hydrogen-bond acceptors (Lipinski definition) is 4. The lowest BCUT2D eigenvalue weighted by atomic mass is 9.61. The molecule has 0 bridgehead atoms. The van der Waals surface area contributed by atoms with Crippen molar-refractivity contribution < 1.29 is 4.74 Å². The molecule has 0 N–H and O–H groups in total. The molecule has 51 heavy (non-hydrogen) atoms. The average molecular weight is 654 g/mol. The van der Waals surface area contributed by atoms with Crippen molar-refractivity contribution >= 4 is 17.1 Å². The number of aromatic nitrogens is 2. The smallest absolute Gasteiger partial charge is 0.162 e. The van der Waals surface area contributed by atoms with Gasteiger partial charge in [0.1, 0.15) is 11.5 Å². The molecule has 0 unspecified atom stereocenters. The summed E-state index contributed by atoms with van der Waals surface area (Å²) in [7, 11) is 0. The molecule has 8 aromatic rings. The molecule has 4 heteroatoms. The van der Waals surface area contributed by atoms with E-state index in [2.05, 4.69) is 181 Å². The number of fused-ring (bicyclic) bond motifs is 8. The molecular weight excluding hydrogens is 623 g/mol. The highest BCUT2D eigenvalue weighted by Gasteiger charge is 2.51. The van der Waals surface area contributed by atoms with E-state index in [4.69, 9.17) is 14.7 Å². The first-order valence-electron chi connectivity index (χ1n) is 17.3. The molecule has 4 nitrogen and oxygen atoms in total. The summed E-state index contributed by atoms with van der Waals surface area (Å²) in [6, 6.07) is 65.8. The Bertz CT molecular complexity index is 2430. The Morgan fingerprint density at radius 2 is 0.804 bits per heavy atom. The highest BCUT2D eigenvalue weighted by molar-refractivity contribution is 5.95. The van der Waals surface area contributed by atoms with Crippen molar-refractivity contribution in [2.75, 3.05) is 4.90 Å². The molecule has 0 aliphatic carbocycles. The van der Waals surface area contributed by atoms with Crippen LogP contribution in [0.3, 0.4) is 0 Å². The number of nitrogens with zero attached hydrogens (tertiary/aromatic N) is 3. The van der Waals surface area contributed by atoms with Crippen molar-refractivity contribution in [1.29, 1.82) is 0 Å². The number of benzene rings is 7. The molecule has 7 aromatic carbocycles. The highest BCUT2D eigenvalue weighted by atomic mass is 16.5. The van der Waals surface area contributed by atoms with E-state index in [9.17, 15) is 0 Å². The van der Waals surface area contributed by atoms with Gasteiger partial charge in [-0.2, -0.15) is 0 Å². The van der Waals surface area contributed by atoms with Gasteiger partial charge in [-0.05, 0) is 53.6 Å². The predicted molar refractivity (Wildman–Crippen MR) is 205 cm³/mol. The number of anilines is 3. The summed E-state index contributed by atoms with van der Waals surface area (Å²) >= 11 is 0. The molecule has 1 spiro atoms. The molecular formula is C47H31N3O. The van der Waals surface area contributed by atoms with E-state index in [0.29, 0.717) is 5.82 Å². The third-order valence-corrected chi connectivity index (χ3v) is 10.2. The summed E-state index contributed by atoms with van der Waals surface area (Å²) in [5.41, 5.74) is 12.0. The number of ether oxygens (including phenoxy) is 1. The maximum absolute atomic E-state index is 6.59. The van der Waals surface area contributed by atoms with E-state index in [-0.39, 0.29) is 0 Å². The van der Waals surface area contributed by atoms with Crippen LogP contribution in [0, 0.1) is 0 Å². The Labute approximate surface area is 296 Å². The van der Waals surface area contributed by atoms with Crippen LogP contribution in [0.4, 0.5) is 17.1 Å². The van der Waals surface area contributed by atoms with Crippen molar-refractivity contribution in [3.63, 3.8) is 0 Å². The van der Waals surface area contributed by atoms with Gasteiger partial charge in [0.25, 0.3) is 0 Å². The van der Waals surface area contributed by atoms with Gasteiger partial charge in [-0.25, -0.2) is 9.97 Å². The summed E-state index contributed by atoms with van der Waals surface area (Å²) in [4.78, 5) is 12.9. The van der Waals surface area contributed by atoms with Crippen LogP contribution >= 0.6 is 0 Å². The maximum Gasteiger partial charge on any atom is 0.162 e. The van der Waals surface area contributed by atoms with Crippen molar-refractivity contribution in [3.05, 3.63) is 210 Å². The van der Waals surface area contributed by atoms with Gasteiger partial charge in [0.2, 0.25) is 0 Å². The van der Waals surface area contributed by atoms with Crippen molar-refractivity contribution in [1.82, 2.24) is 9.97 Å². The van der Waals surface area contributed by atoms with Gasteiger partial charge in [-0.15, -0.1) is 0 Å². The first kappa shape index (κ1) is 29.2. The third-order valence-electron chi connectivity index (χ3n) is 10.2. The molecule has 0 saturated carbocycles. The van der Waals surface area contributed by atoms with Crippen molar-refractivity contribution in [2.24, 2.45) is 0 Å². The number of hydrogen-bond donors (Lipinski definition) is 0. The first-order chi connectivity index (χ1) is 25.3. The van der Waals surface area contributed by atoms with Crippen LogP contribution in [0.5, 0.6) is 11.5 Å². The van der Waals surface area contributed by atoms with Crippen LogP contribution in [0.25, 0.3) is 33.9 Å². The third kappa shape index (κ3) is 4.47. The van der Waals surface area contributed by atoms with Gasteiger partial charge in [-0.1, -0.05) is 146 Å². The zero-order chi connectivity index (χ0) is 33.8. The summed E-state index contributed by atoms with van der Waals surface area (Å²) in [6.07, 6.45) is 0. The van der Waals surface area contributed by atoms with Crippen LogP contribution in [0.1, 0.15) is 22.3 Å². The fourth-order valence-electron chi connectivity index (χ4n) is 8.02. The van der Waals surface area contributed by atoms with Crippen LogP contribution in [0.15, 0.2) is 188 Å². The molecule has 2 aliphatic rings. The minimum Gasteiger partial charge on any atom is -0.457 e. The van der Waals surface area contributed by atoms with E-state index in [1.54, 1.807) is 0 Å². The summed E-state index contributed by atoms with van der Waals surface area (Å²) in [6.45, 7) is 0. The minimum atomic E-state index is -0.603. The van der Waals surface area contributed by atoms with E-state index >= 15 is 0 Å². The fourth-order valence-corrected chi connectivity index (χ4v) is 8.02. The monoisotopic (exact) mass is 653 g/mol. The second-order valence-electron chi connectivity index (χ2n) is 12.9. The summed E-state index contributed by atoms with van der Waals surface area (Å²) in [5, 5.41) is 0. The predicted octanol–water partition coefficient (Wildman–Crippen LogP) is 11.7. The average Bonchev–Trinajstić information content (AvgIpc) is 3.21. The molecule has 1 aromatic heterocycles. The fraction of sp³-hybridized carbons (Fsp3) is 0.0213. The Morgan fingerprint density at radius 3 is 1.33 bits per heavy atom. The van der Waals surface area contributed by atoms with E-state index in [1.165, 1.54) is 11.1 Å². The molecule has 2 aliphatic heterocycles. The van der Waals surface area contributed by atoms with Crippen molar-refractivity contribution in [2.45, 2.75) is 5.41 Å². The molecule has 0 amide bonds. The standard InChI is InChI=1S/C47H31N3O/c1-3-17-32(18-4-1)39-31-40(33-19-5-2-6-20-33)49-46(48-39)34-21-7-12-26-41(34)50-42-27-13-8-22-35(42)47(36-23-9-14-28-43(36)50)37-24-10-15-29-44(37)51-45-30-16-11-25-38(45)47/h1-31H. The van der Waals surface area contributed by atoms with Crippen molar-refractivity contribution in [3.8, 4) is 45.4 Å². The van der Waals surface area contributed by atoms with Crippen LogP contribution in [-0.4, -0.2) is 9.97 Å². The second kappa shape index (κ2) is 11.7. The van der Waals surface area contributed by atoms with E-state index in [1.807, 2.05) is 12.1 Å². The van der Waals surface area contributed by atoms with Gasteiger partial charge < -0.3 is 9.64 Å². The zero-order valence-electron chi connectivity index (χ0n) is 27.6. The Morgan fingerprint density at radius 1 is 0.392 bits per heavy atom. The SMILES string of the molecule is c1ccc(-c2cc(-c3ccccc3)nc(-c3ccccc3N3c4ccccc4C4(c5ccccc5Oc5ccccc54)c4ccccc43)n2)cc1. The molecule has 10 rings (SSSR count). The van der Waals surface area contributed by atoms with Gasteiger partial charge in [-0.3, -0.25) is 0 Å². The second-order valence-corrected chi connectivity index (χ2v) is 12.9. The lowest BCUT2D eigenvalue weighted by molar-refractivity contribution is 0.434. The largest absolute Gasteiger partial charge is 0.457 e. The highest BCUT2D eigenvalue weighted by Crippen LogP contribution is 2.63. The topological polar surface area (TPSA) is 38.2 Å². The normalized spacial score (nSPS) is 13.4. The molecule has 0 saturated heterocycles. The number of para-hydroxylation sites is 5. The Kier molecular flexibility index (Phi) is 6.68. The molecule has 0 radical (unpaired) electrons. The van der Waals surface area contributed by atoms with Crippen LogP contribution < -0.4 is 9.64 Å². The van der Waals surface area contributed by atoms with E-state index in [0.717, 1.165) is 67.8 Å². The molecule has 3 heterocycles. The van der Waals surface area contributed by atoms with Crippen LogP contribution in [0.2, 0.25) is 0 Å². The molecule has 240 valence electrons. The summed E-state index contributed by atoms with van der Waals surface area (Å²) < 4.78 is 6.59. The van der Waals surface area contributed by atoms with Crippen LogP contribution in [-0.2, 0) is 5.41 Å². The first-order valence-corrected chi connectivity index (χ1v) is 17.3. The quantitative estimate of drug-likeness (QED) is 0.189. The lowest BCUT2D eigenvalue weighted by Gasteiger charge is -2.48. The Balaban J connectivity index is 1.25. The van der Waals surface area contributed by atoms with Gasteiger partial charge in [0.05, 0.1) is 33.9 Å². The van der Waals surface area contributed by atoms with Gasteiger partial charge in [0.15, 0.2) is 5.82 Å². The minimum absolute atomic E-state index is 0.603. The van der Waals surface area contributed by atoms with Gasteiger partial charge in [0, 0.05) is 27.8 Å². The Hall–Kier alpha value is -6.78. The van der Waals surface area contributed by atoms with E-state index < -0.39 is 5.41 Å². The van der Waals surface area contributed by atoms with Gasteiger partial charge >= 0.3 is 0 Å². The molecule has 0 atom stereocenters. The number of rotatable bonds is 4. The zero-order valence-corrected chi connectivity index (χ0v) is 27.6. The maximum atomic E-state index is 6.59. The molecule has 0 fully saturated rings. The lowest BCUT2D eigenvalue weighted by Crippen LogP contribution is -2.39. The summed E-state index contributed by atoms with van der Waals surface area (Å²) in [5.74, 6) is 2.41.